The van der Waals surface area contributed by atoms with Crippen LogP contribution in [-0.2, 0) is 0 Å². The van der Waals surface area contributed by atoms with Gasteiger partial charge in [0.2, 0.25) is 0 Å². The van der Waals surface area contributed by atoms with Gasteiger partial charge in [-0.15, -0.1) is 0 Å². The van der Waals surface area contributed by atoms with Crippen molar-refractivity contribution in [3.05, 3.63) is 58.1 Å². The van der Waals surface area contributed by atoms with Crippen LogP contribution in [0.2, 0.25) is 0 Å². The normalized spacial score (nSPS) is 11.9. The molecule has 0 saturated heterocycles. The molecular formula is C15H16BrN3O2. The van der Waals surface area contributed by atoms with Gasteiger partial charge in [0.1, 0.15) is 0 Å². The van der Waals surface area contributed by atoms with Crippen molar-refractivity contribution < 1.29 is 9.90 Å². The van der Waals surface area contributed by atoms with Crippen LogP contribution < -0.4 is 16.8 Å². The Kier molecular flexibility index (Phi) is 4.82. The number of amides is 1. The van der Waals surface area contributed by atoms with Crippen LogP contribution in [0.1, 0.15) is 22.0 Å². The van der Waals surface area contributed by atoms with Gasteiger partial charge in [-0.05, 0) is 35.9 Å². The number of hydrogen-bond donors (Lipinski definition) is 4. The molecule has 6 N–H and O–H groups in total. The molecule has 0 aliphatic carbocycles. The summed E-state index contributed by atoms with van der Waals surface area (Å²) in [7, 11) is 0. The van der Waals surface area contributed by atoms with E-state index in [2.05, 4.69) is 21.2 Å². The zero-order valence-corrected chi connectivity index (χ0v) is 12.8. The predicted molar refractivity (Wildman–Crippen MR) is 87.0 cm³/mol. The Morgan fingerprint density at radius 1 is 1.24 bits per heavy atom. The van der Waals surface area contributed by atoms with E-state index >= 15 is 0 Å². The highest BCUT2D eigenvalue weighted by molar-refractivity contribution is 9.10. The first-order valence-electron chi connectivity index (χ1n) is 6.34. The van der Waals surface area contributed by atoms with Crippen molar-refractivity contribution in [3.8, 4) is 0 Å². The number of aliphatic hydroxyl groups is 1. The average Bonchev–Trinajstić information content (AvgIpc) is 2.45. The highest BCUT2D eigenvalue weighted by Crippen LogP contribution is 2.22. The number of carbonyl (C=O) groups excluding carboxylic acids is 1. The SMILES string of the molecule is NC(=O)c1ccc(Br)cc1NCC(O)c1ccc(N)cc1. The largest absolute Gasteiger partial charge is 0.399 e. The molecule has 5 nitrogen and oxygen atoms in total. The third-order valence-electron chi connectivity index (χ3n) is 3.05. The zero-order chi connectivity index (χ0) is 15.4. The van der Waals surface area contributed by atoms with Crippen LogP contribution in [-0.4, -0.2) is 17.6 Å². The summed E-state index contributed by atoms with van der Waals surface area (Å²) in [4.78, 5) is 11.4. The van der Waals surface area contributed by atoms with Crippen LogP contribution in [0.3, 0.4) is 0 Å². The van der Waals surface area contributed by atoms with Crippen LogP contribution >= 0.6 is 15.9 Å². The Morgan fingerprint density at radius 3 is 2.52 bits per heavy atom. The maximum Gasteiger partial charge on any atom is 0.250 e. The topological polar surface area (TPSA) is 101 Å². The number of nitrogen functional groups attached to an aromatic ring is 1. The first-order chi connectivity index (χ1) is 9.97. The summed E-state index contributed by atoms with van der Waals surface area (Å²) in [6.07, 6.45) is -0.717. The van der Waals surface area contributed by atoms with Crippen molar-refractivity contribution in [3.63, 3.8) is 0 Å². The van der Waals surface area contributed by atoms with E-state index in [-0.39, 0.29) is 6.54 Å². The molecule has 0 aromatic heterocycles. The van der Waals surface area contributed by atoms with Crippen LogP contribution in [0.5, 0.6) is 0 Å². The molecule has 2 aromatic rings. The number of anilines is 2. The van der Waals surface area contributed by atoms with Crippen molar-refractivity contribution in [1.82, 2.24) is 0 Å². The molecule has 0 aliphatic heterocycles. The van der Waals surface area contributed by atoms with Crippen molar-refractivity contribution >= 4 is 33.2 Å². The monoisotopic (exact) mass is 349 g/mol. The van der Waals surface area contributed by atoms with Crippen molar-refractivity contribution in [1.29, 1.82) is 0 Å². The van der Waals surface area contributed by atoms with Crippen LogP contribution in [0, 0.1) is 0 Å². The Hall–Kier alpha value is -2.05. The summed E-state index contributed by atoms with van der Waals surface area (Å²) in [5, 5.41) is 13.2. The minimum Gasteiger partial charge on any atom is -0.399 e. The Balaban J connectivity index is 2.10. The fourth-order valence-electron chi connectivity index (χ4n) is 1.92. The fraction of sp³-hybridized carbons (Fsp3) is 0.133. The van der Waals surface area contributed by atoms with Gasteiger partial charge in [-0.3, -0.25) is 4.79 Å². The van der Waals surface area contributed by atoms with Gasteiger partial charge in [0.05, 0.1) is 11.7 Å². The van der Waals surface area contributed by atoms with Gasteiger partial charge in [0, 0.05) is 22.4 Å². The number of rotatable bonds is 5. The highest BCUT2D eigenvalue weighted by atomic mass is 79.9. The second-order valence-corrected chi connectivity index (χ2v) is 5.53. The van der Waals surface area contributed by atoms with Gasteiger partial charge < -0.3 is 21.9 Å². The van der Waals surface area contributed by atoms with Gasteiger partial charge in [0.15, 0.2) is 0 Å². The lowest BCUT2D eigenvalue weighted by Crippen LogP contribution is -2.17. The number of primary amides is 1. The summed E-state index contributed by atoms with van der Waals surface area (Å²) >= 11 is 3.34. The third-order valence-corrected chi connectivity index (χ3v) is 3.55. The van der Waals surface area contributed by atoms with Crippen LogP contribution in [0.4, 0.5) is 11.4 Å². The molecule has 0 aliphatic rings. The lowest BCUT2D eigenvalue weighted by molar-refractivity contribution is 0.100. The van der Waals surface area contributed by atoms with E-state index in [1.807, 2.05) is 0 Å². The van der Waals surface area contributed by atoms with Gasteiger partial charge in [-0.1, -0.05) is 28.1 Å². The zero-order valence-electron chi connectivity index (χ0n) is 11.2. The van der Waals surface area contributed by atoms with E-state index in [4.69, 9.17) is 11.5 Å². The number of benzene rings is 2. The molecule has 0 bridgehead atoms. The first-order valence-corrected chi connectivity index (χ1v) is 7.13. The maximum atomic E-state index is 11.4. The van der Waals surface area contributed by atoms with E-state index in [9.17, 15) is 9.90 Å². The molecule has 6 heteroatoms. The molecule has 2 rings (SSSR count). The van der Waals surface area contributed by atoms with E-state index in [1.165, 1.54) is 0 Å². The molecular weight excluding hydrogens is 334 g/mol. The lowest BCUT2D eigenvalue weighted by atomic mass is 10.1. The van der Waals surface area contributed by atoms with Gasteiger partial charge >= 0.3 is 0 Å². The smallest absolute Gasteiger partial charge is 0.250 e. The molecule has 0 fully saturated rings. The lowest BCUT2D eigenvalue weighted by Gasteiger charge is -2.15. The van der Waals surface area contributed by atoms with Crippen molar-refractivity contribution in [2.24, 2.45) is 5.73 Å². The number of nitrogens with one attached hydrogen (secondary N) is 1. The highest BCUT2D eigenvalue weighted by Gasteiger charge is 2.11. The van der Waals surface area contributed by atoms with Crippen LogP contribution in [0.25, 0.3) is 0 Å². The molecule has 1 unspecified atom stereocenters. The average molecular weight is 350 g/mol. The fourth-order valence-corrected chi connectivity index (χ4v) is 2.28. The quantitative estimate of drug-likeness (QED) is 0.622. The van der Waals surface area contributed by atoms with Gasteiger partial charge in [-0.2, -0.15) is 0 Å². The van der Waals surface area contributed by atoms with Crippen LogP contribution in [0.15, 0.2) is 46.9 Å². The van der Waals surface area contributed by atoms with Crippen molar-refractivity contribution in [2.75, 3.05) is 17.6 Å². The van der Waals surface area contributed by atoms with E-state index in [0.29, 0.717) is 16.9 Å². The number of nitrogens with two attached hydrogens (primary N) is 2. The second kappa shape index (κ2) is 6.60. The molecule has 0 radical (unpaired) electrons. The summed E-state index contributed by atoms with van der Waals surface area (Å²) < 4.78 is 0.817. The number of halogens is 1. The molecule has 0 saturated carbocycles. The molecule has 1 atom stereocenters. The van der Waals surface area contributed by atoms with Gasteiger partial charge in [0.25, 0.3) is 5.91 Å². The first kappa shape index (κ1) is 15.3. The van der Waals surface area contributed by atoms with Gasteiger partial charge in [-0.25, -0.2) is 0 Å². The summed E-state index contributed by atoms with van der Waals surface area (Å²) in [6.45, 7) is 0.251. The Bertz CT molecular complexity index is 644. The van der Waals surface area contributed by atoms with E-state index in [1.54, 1.807) is 42.5 Å². The predicted octanol–water partition coefficient (Wildman–Crippen LogP) is 2.28. The molecule has 2 aromatic carbocycles. The number of carbonyl (C=O) groups is 1. The Labute approximate surface area is 131 Å². The third kappa shape index (κ3) is 3.96. The number of aliphatic hydroxyl groups excluding tert-OH is 1. The summed E-state index contributed by atoms with van der Waals surface area (Å²) in [5.41, 5.74) is 13.3. The maximum absolute atomic E-state index is 11.4. The summed E-state index contributed by atoms with van der Waals surface area (Å²) in [5.74, 6) is -0.521. The van der Waals surface area contributed by atoms with E-state index < -0.39 is 12.0 Å². The minimum absolute atomic E-state index is 0.251. The minimum atomic E-state index is -0.717. The molecule has 0 heterocycles. The standard InChI is InChI=1S/C15H16BrN3O2/c16-10-3-6-12(15(18)21)13(7-10)19-8-14(20)9-1-4-11(17)5-2-9/h1-7,14,19-20H,8,17H2,(H2,18,21). The second-order valence-electron chi connectivity index (χ2n) is 4.62. The molecule has 1 amide bonds. The molecule has 21 heavy (non-hydrogen) atoms. The van der Waals surface area contributed by atoms with E-state index in [0.717, 1.165) is 10.0 Å². The summed E-state index contributed by atoms with van der Waals surface area (Å²) in [6, 6.07) is 12.1. The number of hydrogen-bond acceptors (Lipinski definition) is 4. The molecule has 0 spiro atoms. The molecule has 110 valence electrons. The van der Waals surface area contributed by atoms with Crippen molar-refractivity contribution in [2.45, 2.75) is 6.10 Å². The Morgan fingerprint density at radius 2 is 1.90 bits per heavy atom.